The van der Waals surface area contributed by atoms with Gasteiger partial charge in [-0.1, -0.05) is 0 Å². The molecule has 0 heterocycles. The summed E-state index contributed by atoms with van der Waals surface area (Å²) in [4.78, 5) is 31.6. The Balaban J connectivity index is 2.50. The standard InChI is InChI=1S/C12H16N2O6/c13-19-7-5-17-11(15)9-1-2-10(4-3-9)12(16)18-6-8-20-14/h1-4H,5-8,13-14H2. The van der Waals surface area contributed by atoms with E-state index in [0.717, 1.165) is 0 Å². The predicted molar refractivity (Wildman–Crippen MR) is 67.3 cm³/mol. The number of rotatable bonds is 8. The third-order valence-electron chi connectivity index (χ3n) is 2.22. The van der Waals surface area contributed by atoms with Crippen LogP contribution in [0.5, 0.6) is 0 Å². The minimum Gasteiger partial charge on any atom is -0.460 e. The molecule has 4 N–H and O–H groups in total. The molecule has 0 saturated heterocycles. The normalized spacial score (nSPS) is 10.1. The maximum absolute atomic E-state index is 11.5. The van der Waals surface area contributed by atoms with Crippen molar-refractivity contribution in [1.29, 1.82) is 0 Å². The second-order valence-corrected chi connectivity index (χ2v) is 3.59. The maximum atomic E-state index is 11.5. The molecule has 8 nitrogen and oxygen atoms in total. The van der Waals surface area contributed by atoms with Crippen molar-refractivity contribution >= 4 is 11.9 Å². The minimum atomic E-state index is -0.529. The van der Waals surface area contributed by atoms with Gasteiger partial charge in [-0.05, 0) is 24.3 Å². The average Bonchev–Trinajstić information content (AvgIpc) is 2.47. The fourth-order valence-corrected chi connectivity index (χ4v) is 1.27. The summed E-state index contributed by atoms with van der Waals surface area (Å²) < 4.78 is 9.72. The largest absolute Gasteiger partial charge is 0.460 e. The third-order valence-corrected chi connectivity index (χ3v) is 2.22. The summed E-state index contributed by atoms with van der Waals surface area (Å²) in [7, 11) is 0. The second kappa shape index (κ2) is 8.99. The Labute approximate surface area is 115 Å². The van der Waals surface area contributed by atoms with Gasteiger partial charge in [0.25, 0.3) is 0 Å². The van der Waals surface area contributed by atoms with Gasteiger partial charge in [-0.3, -0.25) is 0 Å². The summed E-state index contributed by atoms with van der Waals surface area (Å²) in [6, 6.07) is 5.84. The summed E-state index contributed by atoms with van der Waals surface area (Å²) in [6.07, 6.45) is 0. The molecule has 1 aromatic rings. The third kappa shape index (κ3) is 5.33. The van der Waals surface area contributed by atoms with Crippen LogP contribution in [-0.4, -0.2) is 38.4 Å². The van der Waals surface area contributed by atoms with Gasteiger partial charge in [0.2, 0.25) is 0 Å². The molecule has 0 atom stereocenters. The van der Waals surface area contributed by atoms with Gasteiger partial charge in [-0.25, -0.2) is 21.4 Å². The average molecular weight is 284 g/mol. The lowest BCUT2D eigenvalue weighted by Crippen LogP contribution is -2.14. The van der Waals surface area contributed by atoms with Crippen molar-refractivity contribution in [3.63, 3.8) is 0 Å². The topological polar surface area (TPSA) is 123 Å². The van der Waals surface area contributed by atoms with Crippen molar-refractivity contribution in [3.05, 3.63) is 35.4 Å². The smallest absolute Gasteiger partial charge is 0.338 e. The highest BCUT2D eigenvalue weighted by Crippen LogP contribution is 2.07. The van der Waals surface area contributed by atoms with Gasteiger partial charge >= 0.3 is 11.9 Å². The molecular weight excluding hydrogens is 268 g/mol. The molecule has 110 valence electrons. The Morgan fingerprint density at radius 1 is 0.750 bits per heavy atom. The van der Waals surface area contributed by atoms with E-state index in [9.17, 15) is 9.59 Å². The number of hydrogen-bond donors (Lipinski definition) is 2. The van der Waals surface area contributed by atoms with Gasteiger partial charge in [0, 0.05) is 0 Å². The van der Waals surface area contributed by atoms with Crippen LogP contribution in [0.25, 0.3) is 0 Å². The molecule has 0 fully saturated rings. The number of hydrogen-bond acceptors (Lipinski definition) is 8. The van der Waals surface area contributed by atoms with Crippen LogP contribution in [0.1, 0.15) is 20.7 Å². The van der Waals surface area contributed by atoms with Crippen molar-refractivity contribution in [3.8, 4) is 0 Å². The van der Waals surface area contributed by atoms with Crippen LogP contribution in [0.4, 0.5) is 0 Å². The Bertz CT molecular complexity index is 393. The molecule has 0 aliphatic rings. The molecule has 0 spiro atoms. The fraction of sp³-hybridized carbons (Fsp3) is 0.333. The Morgan fingerprint density at radius 2 is 1.10 bits per heavy atom. The molecule has 0 aromatic heterocycles. The van der Waals surface area contributed by atoms with Crippen LogP contribution in [0.3, 0.4) is 0 Å². The molecule has 0 bridgehead atoms. The molecule has 8 heteroatoms. The van der Waals surface area contributed by atoms with E-state index in [1.165, 1.54) is 24.3 Å². The summed E-state index contributed by atoms with van der Waals surface area (Å²) in [6.45, 7) is 0.329. The molecule has 1 aromatic carbocycles. The minimum absolute atomic E-state index is 0.0538. The zero-order valence-corrected chi connectivity index (χ0v) is 10.7. The monoisotopic (exact) mass is 284 g/mol. The van der Waals surface area contributed by atoms with Crippen LogP contribution in [-0.2, 0) is 19.1 Å². The van der Waals surface area contributed by atoms with Crippen LogP contribution in [0.15, 0.2) is 24.3 Å². The zero-order chi connectivity index (χ0) is 14.8. The number of benzene rings is 1. The maximum Gasteiger partial charge on any atom is 0.338 e. The fourth-order valence-electron chi connectivity index (χ4n) is 1.27. The number of carbonyl (C=O) groups excluding carboxylic acids is 2. The Morgan fingerprint density at radius 3 is 1.40 bits per heavy atom. The van der Waals surface area contributed by atoms with Gasteiger partial charge in [-0.2, -0.15) is 0 Å². The van der Waals surface area contributed by atoms with E-state index >= 15 is 0 Å². The highest BCUT2D eigenvalue weighted by Gasteiger charge is 2.10. The van der Waals surface area contributed by atoms with Gasteiger partial charge in [0.05, 0.1) is 11.1 Å². The summed E-state index contributed by atoms with van der Waals surface area (Å²) >= 11 is 0. The Kier molecular flexibility index (Phi) is 7.22. The van der Waals surface area contributed by atoms with Crippen LogP contribution < -0.4 is 11.8 Å². The van der Waals surface area contributed by atoms with Crippen molar-refractivity contribution in [2.24, 2.45) is 11.8 Å². The molecule has 0 aliphatic heterocycles. The number of esters is 2. The van der Waals surface area contributed by atoms with E-state index in [4.69, 9.17) is 21.3 Å². The molecular formula is C12H16N2O6. The SMILES string of the molecule is NOCCOC(=O)c1ccc(C(=O)OCCON)cc1. The first-order chi connectivity index (χ1) is 9.69. The number of nitrogens with two attached hydrogens (primary N) is 2. The quantitative estimate of drug-likeness (QED) is 0.381. The van der Waals surface area contributed by atoms with Gasteiger partial charge in [0.15, 0.2) is 0 Å². The van der Waals surface area contributed by atoms with Crippen LogP contribution >= 0.6 is 0 Å². The van der Waals surface area contributed by atoms with E-state index in [1.54, 1.807) is 0 Å². The van der Waals surface area contributed by atoms with E-state index in [0.29, 0.717) is 11.1 Å². The summed E-state index contributed by atoms with van der Waals surface area (Å²) in [5, 5.41) is 0. The van der Waals surface area contributed by atoms with Gasteiger partial charge in [0.1, 0.15) is 26.4 Å². The van der Waals surface area contributed by atoms with Crippen molar-refractivity contribution in [2.75, 3.05) is 26.4 Å². The lowest BCUT2D eigenvalue weighted by atomic mass is 10.1. The molecule has 20 heavy (non-hydrogen) atoms. The highest BCUT2D eigenvalue weighted by molar-refractivity contribution is 5.93. The summed E-state index contributed by atoms with van der Waals surface area (Å²) in [5.74, 6) is 8.54. The van der Waals surface area contributed by atoms with E-state index in [1.807, 2.05) is 0 Å². The van der Waals surface area contributed by atoms with E-state index in [-0.39, 0.29) is 26.4 Å². The van der Waals surface area contributed by atoms with E-state index < -0.39 is 11.9 Å². The van der Waals surface area contributed by atoms with Gasteiger partial charge in [-0.15, -0.1) is 0 Å². The van der Waals surface area contributed by atoms with Crippen molar-refractivity contribution in [2.45, 2.75) is 0 Å². The van der Waals surface area contributed by atoms with E-state index in [2.05, 4.69) is 9.68 Å². The molecule has 0 amide bonds. The first-order valence-corrected chi connectivity index (χ1v) is 5.76. The first kappa shape index (κ1) is 16.1. The zero-order valence-electron chi connectivity index (χ0n) is 10.7. The van der Waals surface area contributed by atoms with Gasteiger partial charge < -0.3 is 19.1 Å². The molecule has 0 aliphatic carbocycles. The Hall–Kier alpha value is -2.00. The lowest BCUT2D eigenvalue weighted by Gasteiger charge is -2.06. The predicted octanol–water partition coefficient (Wildman–Crippen LogP) is -0.219. The molecule has 0 saturated carbocycles. The molecule has 0 unspecified atom stereocenters. The second-order valence-electron chi connectivity index (χ2n) is 3.59. The van der Waals surface area contributed by atoms with Crippen molar-refractivity contribution < 1.29 is 28.7 Å². The van der Waals surface area contributed by atoms with Crippen molar-refractivity contribution in [1.82, 2.24) is 0 Å². The number of ether oxygens (including phenoxy) is 2. The highest BCUT2D eigenvalue weighted by atomic mass is 16.6. The lowest BCUT2D eigenvalue weighted by molar-refractivity contribution is 0.0307. The van der Waals surface area contributed by atoms with Crippen LogP contribution in [0, 0.1) is 0 Å². The summed E-state index contributed by atoms with van der Waals surface area (Å²) in [5.41, 5.74) is 0.618. The molecule has 0 radical (unpaired) electrons. The van der Waals surface area contributed by atoms with Crippen LogP contribution in [0.2, 0.25) is 0 Å². The molecule has 1 rings (SSSR count). The number of carbonyl (C=O) groups is 2. The first-order valence-electron chi connectivity index (χ1n) is 5.76.